The standard InChI is InChI=1S/C16H18N4O4S/c1-4-16(3)14(23)20(15(24)18-16)19-13(22)9-5-6-11-10(7-9)17-12(21)8(2)25-11/h5-8H,4H2,1-3H3,(H,17,21)(H,18,24)(H,19,22)/t8-,16+/m1/s1. The Bertz CT molecular complexity index is 796. The minimum absolute atomic E-state index is 0.136. The second kappa shape index (κ2) is 6.07. The maximum absolute atomic E-state index is 12.4. The van der Waals surface area contributed by atoms with Crippen LogP contribution in [0.5, 0.6) is 0 Å². The molecule has 2 aliphatic heterocycles. The highest BCUT2D eigenvalue weighted by Gasteiger charge is 2.47. The van der Waals surface area contributed by atoms with E-state index in [0.717, 1.165) is 4.90 Å². The topological polar surface area (TPSA) is 108 Å². The van der Waals surface area contributed by atoms with Gasteiger partial charge in [-0.25, -0.2) is 4.79 Å². The summed E-state index contributed by atoms with van der Waals surface area (Å²) in [5.74, 6) is -1.25. The van der Waals surface area contributed by atoms with Crippen molar-refractivity contribution in [2.75, 3.05) is 5.32 Å². The highest BCUT2D eigenvalue weighted by atomic mass is 32.2. The third-order valence-electron chi connectivity index (χ3n) is 4.35. The van der Waals surface area contributed by atoms with Gasteiger partial charge in [-0.1, -0.05) is 6.92 Å². The molecular formula is C16H18N4O4S. The number of benzene rings is 1. The van der Waals surface area contributed by atoms with E-state index in [2.05, 4.69) is 16.1 Å². The Balaban J connectivity index is 1.79. The number of nitrogens with zero attached hydrogens (tertiary/aromatic N) is 1. The van der Waals surface area contributed by atoms with Gasteiger partial charge in [-0.2, -0.15) is 5.01 Å². The quantitative estimate of drug-likeness (QED) is 0.706. The van der Waals surface area contributed by atoms with Gasteiger partial charge in [0.25, 0.3) is 11.8 Å². The molecule has 2 heterocycles. The Hall–Kier alpha value is -2.55. The van der Waals surface area contributed by atoms with Gasteiger partial charge < -0.3 is 10.6 Å². The average molecular weight is 362 g/mol. The molecule has 0 bridgehead atoms. The molecule has 2 aliphatic rings. The van der Waals surface area contributed by atoms with Gasteiger partial charge >= 0.3 is 6.03 Å². The zero-order valence-electron chi connectivity index (χ0n) is 14.0. The smallest absolute Gasteiger partial charge is 0.324 e. The van der Waals surface area contributed by atoms with Crippen molar-refractivity contribution in [2.24, 2.45) is 0 Å². The molecule has 1 fully saturated rings. The summed E-state index contributed by atoms with van der Waals surface area (Å²) >= 11 is 1.40. The summed E-state index contributed by atoms with van der Waals surface area (Å²) in [5.41, 5.74) is 2.07. The van der Waals surface area contributed by atoms with E-state index in [9.17, 15) is 19.2 Å². The Morgan fingerprint density at radius 2 is 2.08 bits per heavy atom. The van der Waals surface area contributed by atoms with E-state index in [-0.39, 0.29) is 16.7 Å². The van der Waals surface area contributed by atoms with Crippen LogP contribution in [0.15, 0.2) is 23.1 Å². The molecule has 0 unspecified atom stereocenters. The van der Waals surface area contributed by atoms with Crippen LogP contribution in [0.2, 0.25) is 0 Å². The first-order chi connectivity index (χ1) is 11.7. The number of nitrogens with one attached hydrogen (secondary N) is 3. The molecular weight excluding hydrogens is 344 g/mol. The largest absolute Gasteiger partial charge is 0.344 e. The highest BCUT2D eigenvalue weighted by molar-refractivity contribution is 8.00. The van der Waals surface area contributed by atoms with Gasteiger partial charge in [0.05, 0.1) is 10.9 Å². The van der Waals surface area contributed by atoms with E-state index in [0.29, 0.717) is 17.1 Å². The summed E-state index contributed by atoms with van der Waals surface area (Å²) in [4.78, 5) is 49.3. The van der Waals surface area contributed by atoms with E-state index in [1.54, 1.807) is 32.9 Å². The fourth-order valence-corrected chi connectivity index (χ4v) is 3.47. The lowest BCUT2D eigenvalue weighted by Crippen LogP contribution is -2.48. The second-order valence-electron chi connectivity index (χ2n) is 6.16. The molecule has 5 amide bonds. The summed E-state index contributed by atoms with van der Waals surface area (Å²) in [6.07, 6.45) is 0.407. The number of thioether (sulfide) groups is 1. The SMILES string of the molecule is CC[C@]1(C)NC(=O)N(NC(=O)c2ccc3c(c2)NC(=O)[C@@H](C)S3)C1=O. The Morgan fingerprint density at radius 3 is 2.72 bits per heavy atom. The van der Waals surface area contributed by atoms with Crippen LogP contribution in [0.25, 0.3) is 0 Å². The van der Waals surface area contributed by atoms with Crippen molar-refractivity contribution in [3.63, 3.8) is 0 Å². The number of rotatable bonds is 3. The molecule has 8 nitrogen and oxygen atoms in total. The normalized spacial score (nSPS) is 25.3. The van der Waals surface area contributed by atoms with Crippen LogP contribution in [-0.4, -0.2) is 39.6 Å². The van der Waals surface area contributed by atoms with Crippen LogP contribution in [-0.2, 0) is 9.59 Å². The van der Waals surface area contributed by atoms with Crippen molar-refractivity contribution in [2.45, 2.75) is 42.9 Å². The van der Waals surface area contributed by atoms with E-state index in [1.165, 1.54) is 17.8 Å². The molecule has 3 N–H and O–H groups in total. The molecule has 0 aromatic heterocycles. The number of anilines is 1. The van der Waals surface area contributed by atoms with Crippen LogP contribution >= 0.6 is 11.8 Å². The maximum atomic E-state index is 12.4. The lowest BCUT2D eigenvalue weighted by atomic mass is 10.00. The van der Waals surface area contributed by atoms with Crippen LogP contribution in [0.3, 0.4) is 0 Å². The van der Waals surface area contributed by atoms with E-state index in [1.807, 2.05) is 0 Å². The summed E-state index contributed by atoms with van der Waals surface area (Å²) in [6.45, 7) is 5.17. The van der Waals surface area contributed by atoms with E-state index < -0.39 is 23.4 Å². The Kier molecular flexibility index (Phi) is 4.19. The Labute approximate surface area is 148 Å². The molecule has 0 radical (unpaired) electrons. The van der Waals surface area contributed by atoms with Crippen molar-refractivity contribution >= 4 is 41.2 Å². The van der Waals surface area contributed by atoms with Crippen LogP contribution in [0, 0.1) is 0 Å². The van der Waals surface area contributed by atoms with Crippen LogP contribution in [0.1, 0.15) is 37.6 Å². The van der Waals surface area contributed by atoms with Crippen molar-refractivity contribution in [1.29, 1.82) is 0 Å². The van der Waals surface area contributed by atoms with Crippen LogP contribution < -0.4 is 16.1 Å². The van der Waals surface area contributed by atoms with Crippen LogP contribution in [0.4, 0.5) is 10.5 Å². The summed E-state index contributed by atoms with van der Waals surface area (Å²) in [7, 11) is 0. The molecule has 1 aromatic rings. The third kappa shape index (κ3) is 2.95. The monoisotopic (exact) mass is 362 g/mol. The van der Waals surface area contributed by atoms with Crippen molar-refractivity contribution < 1.29 is 19.2 Å². The van der Waals surface area contributed by atoms with Crippen molar-refractivity contribution in [3.05, 3.63) is 23.8 Å². The first kappa shape index (κ1) is 17.3. The third-order valence-corrected chi connectivity index (χ3v) is 5.53. The molecule has 0 spiro atoms. The first-order valence-corrected chi connectivity index (χ1v) is 8.72. The molecule has 3 rings (SSSR count). The van der Waals surface area contributed by atoms with Gasteiger partial charge in [0.1, 0.15) is 5.54 Å². The molecule has 0 aliphatic carbocycles. The fraction of sp³-hybridized carbons (Fsp3) is 0.375. The highest BCUT2D eigenvalue weighted by Crippen LogP contribution is 2.35. The van der Waals surface area contributed by atoms with Gasteiger partial charge in [-0.15, -0.1) is 11.8 Å². The number of imide groups is 1. The zero-order chi connectivity index (χ0) is 18.4. The number of hydrogen-bond acceptors (Lipinski definition) is 5. The molecule has 0 saturated carbocycles. The van der Waals surface area contributed by atoms with E-state index in [4.69, 9.17) is 0 Å². The molecule has 1 saturated heterocycles. The summed E-state index contributed by atoms with van der Waals surface area (Å²) in [5, 5.41) is 5.79. The van der Waals surface area contributed by atoms with Gasteiger partial charge in [-0.05, 0) is 38.5 Å². The minimum Gasteiger partial charge on any atom is -0.324 e. The first-order valence-electron chi connectivity index (χ1n) is 7.84. The second-order valence-corrected chi connectivity index (χ2v) is 7.54. The number of carbonyl (C=O) groups is 4. The number of fused-ring (bicyclic) bond motifs is 1. The van der Waals surface area contributed by atoms with E-state index >= 15 is 0 Å². The summed E-state index contributed by atoms with van der Waals surface area (Å²) in [6, 6.07) is 4.17. The number of hydrogen-bond donors (Lipinski definition) is 3. The lowest BCUT2D eigenvalue weighted by molar-refractivity contribution is -0.132. The minimum atomic E-state index is -1.03. The Morgan fingerprint density at radius 1 is 1.36 bits per heavy atom. The average Bonchev–Trinajstić information content (AvgIpc) is 2.79. The predicted molar refractivity (Wildman–Crippen MR) is 91.9 cm³/mol. The predicted octanol–water partition coefficient (Wildman–Crippen LogP) is 1.48. The van der Waals surface area contributed by atoms with Gasteiger partial charge in [0.15, 0.2) is 0 Å². The zero-order valence-corrected chi connectivity index (χ0v) is 14.8. The van der Waals surface area contributed by atoms with Crippen molar-refractivity contribution in [3.8, 4) is 0 Å². The number of urea groups is 1. The molecule has 25 heavy (non-hydrogen) atoms. The molecule has 9 heteroatoms. The van der Waals surface area contributed by atoms with Gasteiger partial charge in [0.2, 0.25) is 5.91 Å². The maximum Gasteiger partial charge on any atom is 0.344 e. The number of carbonyl (C=O) groups excluding carboxylic acids is 4. The fourth-order valence-electron chi connectivity index (χ4n) is 2.54. The van der Waals surface area contributed by atoms with Crippen molar-refractivity contribution in [1.82, 2.24) is 15.8 Å². The molecule has 132 valence electrons. The lowest BCUT2D eigenvalue weighted by Gasteiger charge is -2.22. The number of amides is 5. The molecule has 1 aromatic carbocycles. The number of hydrazine groups is 1. The summed E-state index contributed by atoms with van der Waals surface area (Å²) < 4.78 is 0. The van der Waals surface area contributed by atoms with Gasteiger partial charge in [0, 0.05) is 10.5 Å². The molecule has 2 atom stereocenters. The van der Waals surface area contributed by atoms with Gasteiger partial charge in [-0.3, -0.25) is 19.8 Å².